The third-order valence-electron chi connectivity index (χ3n) is 2.27. The largest absolute Gasteiger partial charge is 0.490 e. The smallest absolute Gasteiger partial charge is 0.206 e. The van der Waals surface area contributed by atoms with Crippen LogP contribution in [0.25, 0.3) is 0 Å². The summed E-state index contributed by atoms with van der Waals surface area (Å²) in [6.45, 7) is 5.96. The molecule has 0 aromatic carbocycles. The van der Waals surface area contributed by atoms with Crippen LogP contribution in [0.15, 0.2) is 12.4 Å². The summed E-state index contributed by atoms with van der Waals surface area (Å²) in [5, 5.41) is 0. The minimum absolute atomic E-state index is 0.285. The number of nitrogens with zero attached hydrogens (tertiary/aromatic N) is 1. The van der Waals surface area contributed by atoms with Gasteiger partial charge in [-0.05, 0) is 33.6 Å². The summed E-state index contributed by atoms with van der Waals surface area (Å²) >= 11 is 0. The van der Waals surface area contributed by atoms with E-state index in [9.17, 15) is 0 Å². The number of aromatic nitrogens is 1. The minimum Gasteiger partial charge on any atom is -0.490 e. The molecule has 2 rings (SSSR count). The third kappa shape index (κ3) is 3.25. The fourth-order valence-electron chi connectivity index (χ4n) is 1.46. The summed E-state index contributed by atoms with van der Waals surface area (Å²) in [5.74, 6) is 1.91. The van der Waals surface area contributed by atoms with Crippen LogP contribution >= 0.6 is 0 Å². The summed E-state index contributed by atoms with van der Waals surface area (Å²) in [5.41, 5.74) is -0.285. The fraction of sp³-hybridized carbons (Fsp3) is 0.615. The first-order valence-electron chi connectivity index (χ1n) is 5.87. The second-order valence-electron chi connectivity index (χ2n) is 5.20. The molecule has 1 aliphatic rings. The Labute approximate surface area is 102 Å². The molecule has 0 N–H and O–H groups in total. The molecule has 4 heteroatoms. The Kier molecular flexibility index (Phi) is 3.13. The van der Waals surface area contributed by atoms with Crippen LogP contribution in [0.4, 0.5) is 0 Å². The molecule has 1 fully saturated rings. The molecule has 4 nitrogen and oxygen atoms in total. The van der Waals surface area contributed by atoms with Gasteiger partial charge in [-0.1, -0.05) is 0 Å². The maximum absolute atomic E-state index is 5.80. The van der Waals surface area contributed by atoms with E-state index < -0.39 is 0 Å². The lowest BCUT2D eigenvalue weighted by molar-refractivity contribution is 0.123. The van der Waals surface area contributed by atoms with Crippen LogP contribution in [0.5, 0.6) is 17.2 Å². The molecular formula is C13H19NO3. The van der Waals surface area contributed by atoms with Crippen molar-refractivity contribution in [3.63, 3.8) is 0 Å². The van der Waals surface area contributed by atoms with E-state index >= 15 is 0 Å². The highest BCUT2D eigenvalue weighted by Gasteiger charge is 2.26. The number of pyridine rings is 1. The predicted molar refractivity (Wildman–Crippen MR) is 64.8 cm³/mol. The Balaban J connectivity index is 2.24. The van der Waals surface area contributed by atoms with Gasteiger partial charge < -0.3 is 14.2 Å². The number of ether oxygens (including phenoxy) is 3. The van der Waals surface area contributed by atoms with Gasteiger partial charge in [0.25, 0.3) is 0 Å². The highest BCUT2D eigenvalue weighted by Crippen LogP contribution is 2.40. The third-order valence-corrected chi connectivity index (χ3v) is 2.27. The van der Waals surface area contributed by atoms with Crippen molar-refractivity contribution in [1.29, 1.82) is 0 Å². The monoisotopic (exact) mass is 237 g/mol. The summed E-state index contributed by atoms with van der Waals surface area (Å²) in [6, 6.07) is 0. The SMILES string of the molecule is COc1c(OC2CC2)cncc1OC(C)(C)C. The van der Waals surface area contributed by atoms with Crippen LogP contribution in [0.1, 0.15) is 33.6 Å². The second-order valence-corrected chi connectivity index (χ2v) is 5.20. The van der Waals surface area contributed by atoms with Gasteiger partial charge in [0.05, 0.1) is 25.6 Å². The Bertz CT molecular complexity index is 394. The van der Waals surface area contributed by atoms with Crippen LogP contribution < -0.4 is 14.2 Å². The van der Waals surface area contributed by atoms with Crippen molar-refractivity contribution in [2.24, 2.45) is 0 Å². The number of hydrogen-bond donors (Lipinski definition) is 0. The second kappa shape index (κ2) is 4.43. The van der Waals surface area contributed by atoms with Crippen LogP contribution in [0.2, 0.25) is 0 Å². The number of hydrogen-bond acceptors (Lipinski definition) is 4. The van der Waals surface area contributed by atoms with Crippen LogP contribution in [-0.2, 0) is 0 Å². The molecule has 1 aromatic rings. The Morgan fingerprint density at radius 3 is 2.35 bits per heavy atom. The quantitative estimate of drug-likeness (QED) is 0.807. The summed E-state index contributed by atoms with van der Waals surface area (Å²) in [6.07, 6.45) is 5.85. The van der Waals surface area contributed by atoms with Crippen molar-refractivity contribution >= 4 is 0 Å². The Morgan fingerprint density at radius 2 is 1.82 bits per heavy atom. The van der Waals surface area contributed by atoms with Gasteiger partial charge in [0.2, 0.25) is 5.75 Å². The molecule has 94 valence electrons. The molecule has 1 saturated carbocycles. The summed E-state index contributed by atoms with van der Waals surface area (Å²) in [4.78, 5) is 4.13. The average Bonchev–Trinajstić information content (AvgIpc) is 2.99. The van der Waals surface area contributed by atoms with E-state index in [1.165, 1.54) is 0 Å². The van der Waals surface area contributed by atoms with Crippen molar-refractivity contribution in [1.82, 2.24) is 4.98 Å². The van der Waals surface area contributed by atoms with Gasteiger partial charge in [-0.25, -0.2) is 0 Å². The van der Waals surface area contributed by atoms with Crippen molar-refractivity contribution in [3.8, 4) is 17.2 Å². The van der Waals surface area contributed by atoms with Gasteiger partial charge in [0.1, 0.15) is 5.60 Å². The van der Waals surface area contributed by atoms with Crippen LogP contribution in [-0.4, -0.2) is 23.8 Å². The van der Waals surface area contributed by atoms with Gasteiger partial charge >= 0.3 is 0 Å². The summed E-state index contributed by atoms with van der Waals surface area (Å²) in [7, 11) is 1.62. The number of methoxy groups -OCH3 is 1. The first kappa shape index (κ1) is 12.0. The van der Waals surface area contributed by atoms with Gasteiger partial charge in [0.15, 0.2) is 11.5 Å². The van der Waals surface area contributed by atoms with Crippen molar-refractivity contribution in [3.05, 3.63) is 12.4 Å². The molecule has 1 aromatic heterocycles. The van der Waals surface area contributed by atoms with Gasteiger partial charge in [0, 0.05) is 0 Å². The van der Waals surface area contributed by atoms with Crippen molar-refractivity contribution in [2.45, 2.75) is 45.3 Å². The normalized spacial score (nSPS) is 15.5. The molecule has 0 unspecified atom stereocenters. The Hall–Kier alpha value is -1.45. The fourth-order valence-corrected chi connectivity index (χ4v) is 1.46. The van der Waals surface area contributed by atoms with E-state index in [2.05, 4.69) is 4.98 Å². The molecule has 0 amide bonds. The molecular weight excluding hydrogens is 218 g/mol. The van der Waals surface area contributed by atoms with E-state index in [1.807, 2.05) is 20.8 Å². The van der Waals surface area contributed by atoms with E-state index in [1.54, 1.807) is 19.5 Å². The van der Waals surface area contributed by atoms with E-state index in [0.717, 1.165) is 12.8 Å². The first-order valence-corrected chi connectivity index (χ1v) is 5.87. The zero-order valence-corrected chi connectivity index (χ0v) is 10.8. The van der Waals surface area contributed by atoms with E-state index in [4.69, 9.17) is 14.2 Å². The molecule has 0 saturated heterocycles. The van der Waals surface area contributed by atoms with Crippen molar-refractivity contribution < 1.29 is 14.2 Å². The van der Waals surface area contributed by atoms with E-state index in [0.29, 0.717) is 23.4 Å². The Morgan fingerprint density at radius 1 is 1.18 bits per heavy atom. The van der Waals surface area contributed by atoms with Gasteiger partial charge in [-0.15, -0.1) is 0 Å². The highest BCUT2D eigenvalue weighted by molar-refractivity contribution is 5.49. The lowest BCUT2D eigenvalue weighted by atomic mass is 10.2. The molecule has 0 atom stereocenters. The standard InChI is InChI=1S/C13H19NO3/c1-13(2,3)17-11-8-14-7-10(12(11)15-4)16-9-5-6-9/h7-9H,5-6H2,1-4H3. The number of rotatable bonds is 4. The van der Waals surface area contributed by atoms with E-state index in [-0.39, 0.29) is 5.60 Å². The lowest BCUT2D eigenvalue weighted by Gasteiger charge is -2.23. The van der Waals surface area contributed by atoms with Crippen LogP contribution in [0, 0.1) is 0 Å². The minimum atomic E-state index is -0.285. The molecule has 0 spiro atoms. The van der Waals surface area contributed by atoms with Gasteiger partial charge in [-0.2, -0.15) is 0 Å². The lowest BCUT2D eigenvalue weighted by Crippen LogP contribution is -2.23. The molecule has 0 bridgehead atoms. The van der Waals surface area contributed by atoms with Gasteiger partial charge in [-0.3, -0.25) is 4.98 Å². The molecule has 17 heavy (non-hydrogen) atoms. The highest BCUT2D eigenvalue weighted by atomic mass is 16.5. The average molecular weight is 237 g/mol. The first-order chi connectivity index (χ1) is 7.99. The molecule has 0 radical (unpaired) electrons. The van der Waals surface area contributed by atoms with Crippen molar-refractivity contribution in [2.75, 3.05) is 7.11 Å². The maximum Gasteiger partial charge on any atom is 0.206 e. The molecule has 1 heterocycles. The maximum atomic E-state index is 5.80. The zero-order valence-electron chi connectivity index (χ0n) is 10.8. The molecule has 0 aliphatic heterocycles. The molecule has 1 aliphatic carbocycles. The summed E-state index contributed by atoms with van der Waals surface area (Å²) < 4.78 is 16.9. The van der Waals surface area contributed by atoms with Crippen LogP contribution in [0.3, 0.4) is 0 Å². The predicted octanol–water partition coefficient (Wildman–Crippen LogP) is 2.81. The zero-order chi connectivity index (χ0) is 12.5. The topological polar surface area (TPSA) is 40.6 Å².